The number of rotatable bonds is 7. The van der Waals surface area contributed by atoms with Gasteiger partial charge in [-0.05, 0) is 40.5 Å². The molecule has 36 heavy (non-hydrogen) atoms. The fraction of sp³-hybridized carbons (Fsp3) is 0.185. The van der Waals surface area contributed by atoms with Gasteiger partial charge in [0.15, 0.2) is 0 Å². The Bertz CT molecular complexity index is 1410. The SMILES string of the molecule is O=C(NCC(O)C(O)c1ccc([N+](=O)[O-])c2cccnc12)OCC1c2ccccc2-c2ccccc21. The van der Waals surface area contributed by atoms with E-state index in [4.69, 9.17) is 4.74 Å². The summed E-state index contributed by atoms with van der Waals surface area (Å²) in [5.41, 5.74) is 4.67. The quantitative estimate of drug-likeness (QED) is 0.265. The Kier molecular flexibility index (Phi) is 6.32. The molecule has 4 aromatic rings. The Balaban J connectivity index is 1.23. The Labute approximate surface area is 206 Å². The summed E-state index contributed by atoms with van der Waals surface area (Å²) < 4.78 is 5.46. The lowest BCUT2D eigenvalue weighted by molar-refractivity contribution is -0.383. The molecule has 9 heteroatoms. The van der Waals surface area contributed by atoms with E-state index in [1.165, 1.54) is 24.4 Å². The zero-order valence-corrected chi connectivity index (χ0v) is 19.1. The number of nitro benzene ring substituents is 1. The fourth-order valence-electron chi connectivity index (χ4n) is 4.73. The number of benzene rings is 3. The molecule has 1 amide bonds. The van der Waals surface area contributed by atoms with E-state index in [9.17, 15) is 25.1 Å². The lowest BCUT2D eigenvalue weighted by Gasteiger charge is -2.20. The van der Waals surface area contributed by atoms with Crippen LogP contribution in [0.15, 0.2) is 79.0 Å². The molecule has 0 saturated carbocycles. The molecule has 2 atom stereocenters. The second-order valence-electron chi connectivity index (χ2n) is 8.55. The third-order valence-corrected chi connectivity index (χ3v) is 6.46. The van der Waals surface area contributed by atoms with E-state index in [-0.39, 0.29) is 41.2 Å². The van der Waals surface area contributed by atoms with E-state index < -0.39 is 23.2 Å². The van der Waals surface area contributed by atoms with Crippen molar-refractivity contribution in [2.24, 2.45) is 0 Å². The lowest BCUT2D eigenvalue weighted by atomic mass is 9.98. The number of alkyl carbamates (subject to hydrolysis) is 1. The van der Waals surface area contributed by atoms with Crippen molar-refractivity contribution in [3.8, 4) is 11.1 Å². The standard InChI is InChI=1S/C27H23N3O6/c31-24(26(32)21-11-12-23(30(34)35)20-10-5-13-28-25(20)21)14-29-27(33)36-15-22-18-8-3-1-6-16(18)17-7-2-4-9-19(17)22/h1-13,22,24,26,31-32H,14-15H2,(H,29,33). The van der Waals surface area contributed by atoms with Crippen LogP contribution in [-0.4, -0.2) is 45.5 Å². The Morgan fingerprint density at radius 3 is 2.33 bits per heavy atom. The van der Waals surface area contributed by atoms with E-state index in [1.54, 1.807) is 6.07 Å². The number of pyridine rings is 1. The van der Waals surface area contributed by atoms with Crippen LogP contribution in [0.4, 0.5) is 10.5 Å². The van der Waals surface area contributed by atoms with Gasteiger partial charge in [0.2, 0.25) is 0 Å². The topological polar surface area (TPSA) is 135 Å². The number of nitrogens with one attached hydrogen (secondary N) is 1. The predicted octanol–water partition coefficient (Wildman–Crippen LogP) is 4.08. The third kappa shape index (κ3) is 4.26. The van der Waals surface area contributed by atoms with Gasteiger partial charge in [-0.15, -0.1) is 0 Å². The van der Waals surface area contributed by atoms with Gasteiger partial charge in [-0.2, -0.15) is 0 Å². The van der Waals surface area contributed by atoms with Crippen LogP contribution in [0.25, 0.3) is 22.0 Å². The smallest absolute Gasteiger partial charge is 0.407 e. The van der Waals surface area contributed by atoms with E-state index >= 15 is 0 Å². The van der Waals surface area contributed by atoms with Crippen LogP contribution in [0, 0.1) is 10.1 Å². The average molecular weight is 485 g/mol. The largest absolute Gasteiger partial charge is 0.449 e. The molecule has 0 aliphatic heterocycles. The summed E-state index contributed by atoms with van der Waals surface area (Å²) in [7, 11) is 0. The number of aromatic nitrogens is 1. The van der Waals surface area contributed by atoms with Gasteiger partial charge < -0.3 is 20.3 Å². The van der Waals surface area contributed by atoms with Gasteiger partial charge in [0.25, 0.3) is 5.69 Å². The number of ether oxygens (including phenoxy) is 1. The van der Waals surface area contributed by atoms with Crippen LogP contribution in [0.3, 0.4) is 0 Å². The number of aliphatic hydroxyl groups is 2. The highest BCUT2D eigenvalue weighted by Gasteiger charge is 2.29. The molecular weight excluding hydrogens is 462 g/mol. The highest BCUT2D eigenvalue weighted by Crippen LogP contribution is 2.44. The predicted molar refractivity (Wildman–Crippen MR) is 132 cm³/mol. The molecule has 0 fully saturated rings. The molecule has 1 aliphatic carbocycles. The summed E-state index contributed by atoms with van der Waals surface area (Å²) in [5.74, 6) is -0.101. The summed E-state index contributed by atoms with van der Waals surface area (Å²) >= 11 is 0. The summed E-state index contributed by atoms with van der Waals surface area (Å²) in [6.07, 6.45) is -2.10. The van der Waals surface area contributed by atoms with Crippen molar-refractivity contribution in [1.29, 1.82) is 0 Å². The fourth-order valence-corrected chi connectivity index (χ4v) is 4.73. The Hall–Kier alpha value is -4.34. The van der Waals surface area contributed by atoms with Gasteiger partial charge in [-0.25, -0.2) is 4.79 Å². The summed E-state index contributed by atoms with van der Waals surface area (Å²) in [5, 5.41) is 35.2. The molecule has 9 nitrogen and oxygen atoms in total. The zero-order chi connectivity index (χ0) is 25.2. The minimum atomic E-state index is -1.43. The van der Waals surface area contributed by atoms with Crippen LogP contribution >= 0.6 is 0 Å². The van der Waals surface area contributed by atoms with Crippen LogP contribution in [-0.2, 0) is 4.74 Å². The van der Waals surface area contributed by atoms with Gasteiger partial charge in [-0.3, -0.25) is 15.1 Å². The van der Waals surface area contributed by atoms with E-state index in [0.717, 1.165) is 22.3 Å². The molecule has 0 bridgehead atoms. The molecule has 3 N–H and O–H groups in total. The minimum absolute atomic E-state index is 0.101. The molecule has 3 aromatic carbocycles. The first kappa shape index (κ1) is 23.4. The first-order valence-electron chi connectivity index (χ1n) is 11.4. The first-order valence-corrected chi connectivity index (χ1v) is 11.4. The average Bonchev–Trinajstić information content (AvgIpc) is 3.23. The van der Waals surface area contributed by atoms with Crippen molar-refractivity contribution in [3.05, 3.63) is 106 Å². The molecule has 1 aromatic heterocycles. The third-order valence-electron chi connectivity index (χ3n) is 6.46. The molecule has 0 radical (unpaired) electrons. The monoisotopic (exact) mass is 485 g/mol. The summed E-state index contributed by atoms with van der Waals surface area (Å²) in [6, 6.07) is 21.7. The molecule has 182 valence electrons. The van der Waals surface area contributed by atoms with E-state index in [1.807, 2.05) is 48.5 Å². The second-order valence-corrected chi connectivity index (χ2v) is 8.55. The van der Waals surface area contributed by atoms with Crippen LogP contribution in [0.5, 0.6) is 0 Å². The molecule has 1 aliphatic rings. The number of aliphatic hydroxyl groups excluding tert-OH is 2. The van der Waals surface area contributed by atoms with Crippen molar-refractivity contribution in [1.82, 2.24) is 10.3 Å². The number of nitro groups is 1. The molecule has 0 spiro atoms. The number of hydrogen-bond acceptors (Lipinski definition) is 7. The van der Waals surface area contributed by atoms with Gasteiger partial charge in [0.05, 0.1) is 15.8 Å². The van der Waals surface area contributed by atoms with E-state index in [2.05, 4.69) is 10.3 Å². The lowest BCUT2D eigenvalue weighted by Crippen LogP contribution is -2.36. The number of hydrogen-bond donors (Lipinski definition) is 3. The normalized spacial score (nSPS) is 14.1. The van der Waals surface area contributed by atoms with Crippen molar-refractivity contribution < 1.29 is 24.7 Å². The molecule has 1 heterocycles. The van der Waals surface area contributed by atoms with Gasteiger partial charge >= 0.3 is 6.09 Å². The maximum absolute atomic E-state index is 12.4. The zero-order valence-electron chi connectivity index (χ0n) is 19.1. The molecular formula is C27H23N3O6. The van der Waals surface area contributed by atoms with Crippen LogP contribution < -0.4 is 5.32 Å². The van der Waals surface area contributed by atoms with Crippen molar-refractivity contribution in [2.75, 3.05) is 13.2 Å². The van der Waals surface area contributed by atoms with Gasteiger partial charge in [-0.1, -0.05) is 48.5 Å². The number of amides is 1. The highest BCUT2D eigenvalue weighted by molar-refractivity contribution is 5.90. The molecule has 2 unspecified atom stereocenters. The van der Waals surface area contributed by atoms with Crippen molar-refractivity contribution in [3.63, 3.8) is 0 Å². The number of non-ortho nitro benzene ring substituents is 1. The van der Waals surface area contributed by atoms with E-state index in [0.29, 0.717) is 0 Å². The second kappa shape index (κ2) is 9.73. The number of carbonyl (C=O) groups excluding carboxylic acids is 1. The maximum Gasteiger partial charge on any atom is 0.407 e. The van der Waals surface area contributed by atoms with Crippen LogP contribution in [0.1, 0.15) is 28.7 Å². The number of carbonyl (C=O) groups is 1. The Morgan fingerprint density at radius 2 is 1.67 bits per heavy atom. The molecule has 0 saturated heterocycles. The Morgan fingerprint density at radius 1 is 1.00 bits per heavy atom. The number of fused-ring (bicyclic) bond motifs is 4. The van der Waals surface area contributed by atoms with Crippen molar-refractivity contribution >= 4 is 22.7 Å². The van der Waals surface area contributed by atoms with Gasteiger partial charge in [0.1, 0.15) is 18.8 Å². The highest BCUT2D eigenvalue weighted by atomic mass is 16.6. The minimum Gasteiger partial charge on any atom is -0.449 e. The summed E-state index contributed by atoms with van der Waals surface area (Å²) in [6.45, 7) is -0.168. The first-order chi connectivity index (χ1) is 17.5. The van der Waals surface area contributed by atoms with Gasteiger partial charge in [0, 0.05) is 30.3 Å². The van der Waals surface area contributed by atoms with Crippen molar-refractivity contribution in [2.45, 2.75) is 18.1 Å². The summed E-state index contributed by atoms with van der Waals surface area (Å²) in [4.78, 5) is 27.3. The molecule has 5 rings (SSSR count). The number of nitrogens with zero attached hydrogens (tertiary/aromatic N) is 2. The van der Waals surface area contributed by atoms with Crippen LogP contribution in [0.2, 0.25) is 0 Å². The maximum atomic E-state index is 12.4.